The molecule has 1 aromatic rings. The molecule has 0 radical (unpaired) electrons. The van der Waals surface area contributed by atoms with Crippen molar-refractivity contribution in [3.05, 3.63) is 18.2 Å². The smallest absolute Gasteiger partial charge is 0.170 e. The summed E-state index contributed by atoms with van der Waals surface area (Å²) < 4.78 is 14.3. The van der Waals surface area contributed by atoms with Crippen LogP contribution in [0.3, 0.4) is 0 Å². The number of hydrogen-bond donors (Lipinski definition) is 1. The third-order valence-electron chi connectivity index (χ3n) is 4.68. The molecule has 2 fully saturated rings. The van der Waals surface area contributed by atoms with Gasteiger partial charge in [-0.1, -0.05) is 13.8 Å². The van der Waals surface area contributed by atoms with Crippen LogP contribution >= 0.6 is 0 Å². The number of likely N-dealkylation sites (N-methyl/N-ethyl adjacent to an activating group) is 1. The zero-order valence-corrected chi connectivity index (χ0v) is 13.2. The maximum absolute atomic E-state index is 5.95. The van der Waals surface area contributed by atoms with Gasteiger partial charge >= 0.3 is 0 Å². The molecule has 2 heterocycles. The van der Waals surface area contributed by atoms with Gasteiger partial charge in [-0.2, -0.15) is 0 Å². The Balaban J connectivity index is 1.84. The van der Waals surface area contributed by atoms with Crippen LogP contribution in [0, 0.1) is 0 Å². The van der Waals surface area contributed by atoms with E-state index >= 15 is 0 Å². The molecule has 1 spiro atoms. The van der Waals surface area contributed by atoms with Crippen molar-refractivity contribution in [3.63, 3.8) is 0 Å². The lowest BCUT2D eigenvalue weighted by Gasteiger charge is -2.42. The molecule has 5 heteroatoms. The summed E-state index contributed by atoms with van der Waals surface area (Å²) in [4.78, 5) is 4.54. The highest BCUT2D eigenvalue weighted by atomic mass is 16.7. The quantitative estimate of drug-likeness (QED) is 0.905. The van der Waals surface area contributed by atoms with Gasteiger partial charge in [0.15, 0.2) is 5.79 Å². The van der Waals surface area contributed by atoms with Crippen molar-refractivity contribution >= 4 is 0 Å². The van der Waals surface area contributed by atoms with E-state index in [9.17, 15) is 0 Å². The van der Waals surface area contributed by atoms with E-state index in [-0.39, 0.29) is 5.79 Å². The van der Waals surface area contributed by atoms with Crippen LogP contribution in [0.25, 0.3) is 0 Å². The van der Waals surface area contributed by atoms with Crippen molar-refractivity contribution in [3.8, 4) is 0 Å². The Labute approximate surface area is 127 Å². The van der Waals surface area contributed by atoms with Gasteiger partial charge in [-0.25, -0.2) is 4.98 Å². The maximum atomic E-state index is 5.95. The van der Waals surface area contributed by atoms with Crippen molar-refractivity contribution in [2.45, 2.75) is 63.8 Å². The van der Waals surface area contributed by atoms with Gasteiger partial charge in [-0.05, 0) is 19.4 Å². The first-order valence-corrected chi connectivity index (χ1v) is 8.31. The molecule has 0 aromatic carbocycles. The molecule has 1 aromatic heterocycles. The highest BCUT2D eigenvalue weighted by Gasteiger charge is 2.45. The van der Waals surface area contributed by atoms with Crippen LogP contribution in [-0.4, -0.2) is 41.1 Å². The van der Waals surface area contributed by atoms with E-state index in [4.69, 9.17) is 9.47 Å². The first-order valence-electron chi connectivity index (χ1n) is 8.31. The number of imidazole rings is 1. The third-order valence-corrected chi connectivity index (χ3v) is 4.68. The van der Waals surface area contributed by atoms with Gasteiger partial charge in [-0.15, -0.1) is 0 Å². The summed E-state index contributed by atoms with van der Waals surface area (Å²) in [5.41, 5.74) is 0. The van der Waals surface area contributed by atoms with Crippen LogP contribution in [0.15, 0.2) is 12.4 Å². The van der Waals surface area contributed by atoms with Gasteiger partial charge in [0.05, 0.1) is 19.3 Å². The fourth-order valence-corrected chi connectivity index (χ4v) is 3.75. The highest BCUT2D eigenvalue weighted by Crippen LogP contribution is 2.41. The van der Waals surface area contributed by atoms with E-state index in [1.807, 2.05) is 6.20 Å². The lowest BCUT2D eigenvalue weighted by molar-refractivity contribution is -0.188. The molecule has 2 aliphatic rings. The monoisotopic (exact) mass is 293 g/mol. The van der Waals surface area contributed by atoms with Crippen LogP contribution in [0.1, 0.15) is 51.4 Å². The second-order valence-corrected chi connectivity index (χ2v) is 6.08. The maximum Gasteiger partial charge on any atom is 0.170 e. The molecule has 2 atom stereocenters. The Morgan fingerprint density at radius 2 is 2.19 bits per heavy atom. The molecular formula is C16H27N3O2. The number of aryl methyl sites for hydroxylation is 1. The number of aromatic nitrogens is 2. The molecule has 2 unspecified atom stereocenters. The second-order valence-electron chi connectivity index (χ2n) is 6.08. The van der Waals surface area contributed by atoms with Gasteiger partial charge in [0.25, 0.3) is 0 Å². The van der Waals surface area contributed by atoms with E-state index in [1.54, 1.807) is 0 Å². The largest absolute Gasteiger partial charge is 0.347 e. The van der Waals surface area contributed by atoms with Crippen LogP contribution in [0.4, 0.5) is 0 Å². The Morgan fingerprint density at radius 1 is 1.38 bits per heavy atom. The molecule has 1 saturated heterocycles. The Kier molecular flexibility index (Phi) is 4.62. The molecular weight excluding hydrogens is 266 g/mol. The number of nitrogens with zero attached hydrogens (tertiary/aromatic N) is 2. The van der Waals surface area contributed by atoms with Crippen LogP contribution in [-0.2, 0) is 15.9 Å². The molecule has 1 N–H and O–H groups in total. The summed E-state index contributed by atoms with van der Waals surface area (Å²) in [6.07, 6.45) is 9.17. The Morgan fingerprint density at radius 3 is 2.90 bits per heavy atom. The summed E-state index contributed by atoms with van der Waals surface area (Å²) in [5.74, 6) is 0.824. The lowest BCUT2D eigenvalue weighted by Crippen LogP contribution is -2.48. The van der Waals surface area contributed by atoms with Crippen molar-refractivity contribution in [1.29, 1.82) is 0 Å². The number of hydrogen-bond acceptors (Lipinski definition) is 4. The molecule has 1 saturated carbocycles. The van der Waals surface area contributed by atoms with Gasteiger partial charge < -0.3 is 19.4 Å². The van der Waals surface area contributed by atoms with Crippen molar-refractivity contribution in [2.75, 3.05) is 19.8 Å². The number of rotatable bonds is 5. The topological polar surface area (TPSA) is 48.3 Å². The highest BCUT2D eigenvalue weighted by molar-refractivity contribution is 5.02. The van der Waals surface area contributed by atoms with E-state index in [2.05, 4.69) is 34.9 Å². The molecule has 5 nitrogen and oxygen atoms in total. The Bertz CT molecular complexity index is 454. The van der Waals surface area contributed by atoms with Gasteiger partial charge in [-0.3, -0.25) is 0 Å². The summed E-state index contributed by atoms with van der Waals surface area (Å²) in [6.45, 7) is 6.82. The van der Waals surface area contributed by atoms with Crippen molar-refractivity contribution in [2.24, 2.45) is 0 Å². The van der Waals surface area contributed by atoms with E-state index in [0.29, 0.717) is 12.1 Å². The summed E-state index contributed by atoms with van der Waals surface area (Å²) in [7, 11) is 0. The summed E-state index contributed by atoms with van der Waals surface area (Å²) in [5, 5.41) is 3.64. The van der Waals surface area contributed by atoms with Crippen molar-refractivity contribution < 1.29 is 9.47 Å². The first kappa shape index (κ1) is 15.0. The first-order chi connectivity index (χ1) is 10.3. The Hall–Kier alpha value is -0.910. The molecule has 0 amide bonds. The normalized spacial score (nSPS) is 28.3. The fourth-order valence-electron chi connectivity index (χ4n) is 3.75. The molecule has 118 valence electrons. The minimum absolute atomic E-state index is 0.357. The SMILES string of the molecule is CCCc1nccn1C1CC2(CCC1NCC)OCCO2. The number of ether oxygens (including phenoxy) is 2. The fraction of sp³-hybridized carbons (Fsp3) is 0.812. The van der Waals surface area contributed by atoms with E-state index in [0.717, 1.165) is 51.9 Å². The molecule has 1 aliphatic carbocycles. The van der Waals surface area contributed by atoms with Crippen LogP contribution in [0.2, 0.25) is 0 Å². The van der Waals surface area contributed by atoms with Gasteiger partial charge in [0.1, 0.15) is 5.82 Å². The van der Waals surface area contributed by atoms with Gasteiger partial charge in [0, 0.05) is 37.7 Å². The van der Waals surface area contributed by atoms with Crippen molar-refractivity contribution in [1.82, 2.24) is 14.9 Å². The van der Waals surface area contributed by atoms with Crippen LogP contribution < -0.4 is 5.32 Å². The average Bonchev–Trinajstić information content (AvgIpc) is 3.12. The average molecular weight is 293 g/mol. The summed E-state index contributed by atoms with van der Waals surface area (Å²) in [6, 6.07) is 0.832. The van der Waals surface area contributed by atoms with E-state index < -0.39 is 0 Å². The number of nitrogens with one attached hydrogen (secondary N) is 1. The molecule has 3 rings (SSSR count). The standard InChI is InChI=1S/C16H27N3O2/c1-3-5-15-18-8-9-19(15)14-12-16(20-10-11-21-16)7-6-13(14)17-4-2/h8-9,13-14,17H,3-7,10-12H2,1-2H3. The second kappa shape index (κ2) is 6.46. The summed E-state index contributed by atoms with van der Waals surface area (Å²) >= 11 is 0. The van der Waals surface area contributed by atoms with E-state index in [1.165, 1.54) is 5.82 Å². The predicted octanol–water partition coefficient (Wildman–Crippen LogP) is 2.28. The lowest BCUT2D eigenvalue weighted by atomic mass is 9.85. The third kappa shape index (κ3) is 3.00. The predicted molar refractivity (Wildman–Crippen MR) is 81.2 cm³/mol. The van der Waals surface area contributed by atoms with Gasteiger partial charge in [0.2, 0.25) is 0 Å². The zero-order valence-electron chi connectivity index (χ0n) is 13.2. The molecule has 1 aliphatic heterocycles. The molecule has 21 heavy (non-hydrogen) atoms. The minimum Gasteiger partial charge on any atom is -0.347 e. The minimum atomic E-state index is -0.357. The molecule has 0 bridgehead atoms. The zero-order chi connectivity index (χ0) is 14.7. The van der Waals surface area contributed by atoms with Crippen LogP contribution in [0.5, 0.6) is 0 Å².